The molecule has 0 atom stereocenters. The van der Waals surface area contributed by atoms with Gasteiger partial charge in [0.05, 0.1) is 28.8 Å². The Balaban J connectivity index is -0.0000000481. The van der Waals surface area contributed by atoms with E-state index in [0.29, 0.717) is 0 Å². The minimum atomic E-state index is -1.08. The van der Waals surface area contributed by atoms with Gasteiger partial charge in [0.1, 0.15) is 0 Å². The van der Waals surface area contributed by atoms with Gasteiger partial charge < -0.3 is 25.5 Å². The van der Waals surface area contributed by atoms with Crippen LogP contribution in [0.2, 0.25) is 0 Å². The summed E-state index contributed by atoms with van der Waals surface area (Å²) in [4.78, 5) is 9.85. The molecular weight excluding hydrogens is 324 g/mol. The van der Waals surface area contributed by atoms with Crippen molar-refractivity contribution in [1.82, 2.24) is 0 Å². The summed E-state index contributed by atoms with van der Waals surface area (Å²) in [6, 6.07) is 0. The zero-order valence-corrected chi connectivity index (χ0v) is 16.9. The van der Waals surface area contributed by atoms with E-state index in [2.05, 4.69) is 0 Å². The Labute approximate surface area is 156 Å². The van der Waals surface area contributed by atoms with Crippen molar-refractivity contribution < 1.29 is 30.3 Å². The molecule has 0 heterocycles. The molecule has 0 aromatic rings. The van der Waals surface area contributed by atoms with Gasteiger partial charge in [-0.25, -0.2) is 0 Å². The highest BCUT2D eigenvalue weighted by molar-refractivity contribution is 5.67. The monoisotopic (exact) mass is 372 g/mol. The lowest BCUT2D eigenvalue weighted by Gasteiger charge is -2.12. The molecule has 0 fully saturated rings. The molecule has 0 aliphatic carbocycles. The highest BCUT2D eigenvalue weighted by Gasteiger charge is 2.16. The Morgan fingerprint density at radius 3 is 0.720 bits per heavy atom. The van der Waals surface area contributed by atoms with Crippen LogP contribution in [-0.2, 0) is 4.79 Å². The van der Waals surface area contributed by atoms with E-state index in [1.165, 1.54) is 13.8 Å². The molecule has 0 amide bonds. The average Bonchev–Trinajstić information content (AvgIpc) is 1.84. The van der Waals surface area contributed by atoms with Crippen LogP contribution in [0, 0.1) is 0 Å². The van der Waals surface area contributed by atoms with Gasteiger partial charge in [-0.1, -0.05) is 14.9 Å². The number of carbonyl (C=O) groups is 1. The second-order valence-electron chi connectivity index (χ2n) is 8.90. The van der Waals surface area contributed by atoms with Crippen molar-refractivity contribution in [2.45, 2.75) is 120 Å². The maximum absolute atomic E-state index is 9.85. The van der Waals surface area contributed by atoms with Gasteiger partial charge in [0.2, 0.25) is 0 Å². The number of hydrogen-bond acceptors (Lipinski definition) is 5. The predicted molar refractivity (Wildman–Crippen MR) is 108 cm³/mol. The SMILES string of the molecule is C.C.CC(C)(C)O.CC(C)(C)O.CC(C)(C)O.CC(C)(O)CC(=O)O. The lowest BCUT2D eigenvalue weighted by atomic mass is 10.1. The molecule has 0 aromatic heterocycles. The molecule has 160 valence electrons. The van der Waals surface area contributed by atoms with E-state index in [0.717, 1.165) is 0 Å². The van der Waals surface area contributed by atoms with Crippen LogP contribution in [0.1, 0.15) is 97.4 Å². The fourth-order valence-electron chi connectivity index (χ4n) is 0.370. The van der Waals surface area contributed by atoms with E-state index in [1.807, 2.05) is 0 Å². The van der Waals surface area contributed by atoms with Crippen LogP contribution in [0.15, 0.2) is 0 Å². The first-order valence-electron chi connectivity index (χ1n) is 7.53. The van der Waals surface area contributed by atoms with Crippen molar-refractivity contribution in [3.63, 3.8) is 0 Å². The molecule has 0 unspecified atom stereocenters. The Kier molecular flexibility index (Phi) is 24.5. The van der Waals surface area contributed by atoms with Gasteiger partial charge in [0, 0.05) is 0 Å². The summed E-state index contributed by atoms with van der Waals surface area (Å²) in [7, 11) is 0. The highest BCUT2D eigenvalue weighted by Crippen LogP contribution is 2.05. The summed E-state index contributed by atoms with van der Waals surface area (Å²) >= 11 is 0. The average molecular weight is 373 g/mol. The second-order valence-corrected chi connectivity index (χ2v) is 8.90. The molecule has 6 nitrogen and oxygen atoms in total. The minimum absolute atomic E-state index is 0. The van der Waals surface area contributed by atoms with Crippen LogP contribution in [0.4, 0.5) is 0 Å². The first-order chi connectivity index (χ1) is 9.42. The van der Waals surface area contributed by atoms with Crippen LogP contribution >= 0.6 is 0 Å². The summed E-state index contributed by atoms with van der Waals surface area (Å²) in [6.45, 7) is 18.6. The van der Waals surface area contributed by atoms with Crippen LogP contribution < -0.4 is 0 Å². The predicted octanol–water partition coefficient (Wildman–Crippen LogP) is 3.84. The maximum Gasteiger partial charge on any atom is 0.306 e. The van der Waals surface area contributed by atoms with Crippen LogP contribution in [0.3, 0.4) is 0 Å². The summed E-state index contributed by atoms with van der Waals surface area (Å²) in [5.74, 6) is -0.975. The van der Waals surface area contributed by atoms with Gasteiger partial charge in [-0.05, 0) is 76.2 Å². The number of rotatable bonds is 2. The maximum atomic E-state index is 9.85. The molecule has 0 aliphatic rings. The van der Waals surface area contributed by atoms with Gasteiger partial charge >= 0.3 is 5.97 Å². The van der Waals surface area contributed by atoms with E-state index < -0.39 is 28.4 Å². The quantitative estimate of drug-likeness (QED) is 0.502. The van der Waals surface area contributed by atoms with E-state index in [9.17, 15) is 4.79 Å². The molecule has 0 saturated carbocycles. The fourth-order valence-corrected chi connectivity index (χ4v) is 0.370. The number of carboxylic acid groups (broad SMARTS) is 1. The van der Waals surface area contributed by atoms with Crippen molar-refractivity contribution in [3.05, 3.63) is 0 Å². The summed E-state index contributed by atoms with van der Waals surface area (Å²) in [5, 5.41) is 42.5. The smallest absolute Gasteiger partial charge is 0.306 e. The number of aliphatic carboxylic acids is 1. The Morgan fingerprint density at radius 1 is 0.600 bits per heavy atom. The fraction of sp³-hybridized carbons (Fsp3) is 0.947. The molecule has 5 N–H and O–H groups in total. The first-order valence-corrected chi connectivity index (χ1v) is 7.53. The van der Waals surface area contributed by atoms with E-state index in [4.69, 9.17) is 25.5 Å². The molecule has 0 aromatic carbocycles. The topological polar surface area (TPSA) is 118 Å². The third kappa shape index (κ3) is 570. The summed E-state index contributed by atoms with van der Waals surface area (Å²) < 4.78 is 0. The molecular formula is C19H48O6. The molecule has 0 aliphatic heterocycles. The summed E-state index contributed by atoms with van der Waals surface area (Å²) in [6.07, 6.45) is -0.201. The van der Waals surface area contributed by atoms with E-state index >= 15 is 0 Å². The van der Waals surface area contributed by atoms with Gasteiger partial charge in [0.15, 0.2) is 0 Å². The highest BCUT2D eigenvalue weighted by atomic mass is 16.4. The third-order valence-electron chi connectivity index (χ3n) is 0.584. The third-order valence-corrected chi connectivity index (χ3v) is 0.584. The normalized spacial score (nSPS) is 10.8. The molecule has 6 heteroatoms. The van der Waals surface area contributed by atoms with Gasteiger partial charge in [-0.3, -0.25) is 4.79 Å². The number of aliphatic hydroxyl groups is 4. The Morgan fingerprint density at radius 2 is 0.720 bits per heavy atom. The van der Waals surface area contributed by atoms with Crippen molar-refractivity contribution in [1.29, 1.82) is 0 Å². The zero-order chi connectivity index (χ0) is 20.3. The Hall–Kier alpha value is -0.690. The molecule has 0 bridgehead atoms. The molecule has 0 radical (unpaired) electrons. The largest absolute Gasteiger partial charge is 0.481 e. The van der Waals surface area contributed by atoms with Crippen LogP contribution in [0.25, 0.3) is 0 Å². The van der Waals surface area contributed by atoms with Crippen molar-refractivity contribution in [2.24, 2.45) is 0 Å². The molecule has 0 saturated heterocycles. The van der Waals surface area contributed by atoms with Gasteiger partial charge in [0.25, 0.3) is 0 Å². The van der Waals surface area contributed by atoms with Crippen LogP contribution in [0.5, 0.6) is 0 Å². The minimum Gasteiger partial charge on any atom is -0.481 e. The molecule has 0 spiro atoms. The van der Waals surface area contributed by atoms with E-state index in [1.54, 1.807) is 62.3 Å². The van der Waals surface area contributed by atoms with Crippen LogP contribution in [-0.4, -0.2) is 53.9 Å². The van der Waals surface area contributed by atoms with Crippen molar-refractivity contribution >= 4 is 5.97 Å². The zero-order valence-electron chi connectivity index (χ0n) is 16.9. The second kappa shape index (κ2) is 15.6. The summed E-state index contributed by atoms with van der Waals surface area (Å²) in [5.41, 5.74) is -2.58. The van der Waals surface area contributed by atoms with Gasteiger partial charge in [-0.15, -0.1) is 0 Å². The standard InChI is InChI=1S/C5H10O3.3C4H10O.2CH4/c1-5(2,8)3-4(6)7;3*1-4(2,3)5;;/h8H,3H2,1-2H3,(H,6,7);3*5H,1-3H3;2*1H4. The number of carboxylic acids is 1. The van der Waals surface area contributed by atoms with Crippen molar-refractivity contribution in [3.8, 4) is 0 Å². The van der Waals surface area contributed by atoms with Crippen molar-refractivity contribution in [2.75, 3.05) is 0 Å². The molecule has 0 rings (SSSR count). The number of hydrogen-bond donors (Lipinski definition) is 5. The Bertz CT molecular complexity index is 238. The molecule has 25 heavy (non-hydrogen) atoms. The van der Waals surface area contributed by atoms with E-state index in [-0.39, 0.29) is 21.3 Å². The van der Waals surface area contributed by atoms with Gasteiger partial charge in [-0.2, -0.15) is 0 Å². The lowest BCUT2D eigenvalue weighted by Crippen LogP contribution is -2.22. The lowest BCUT2D eigenvalue weighted by molar-refractivity contribution is -0.141. The first kappa shape index (κ1) is 39.4.